The molecule has 17 heavy (non-hydrogen) atoms. The molecule has 5 nitrogen and oxygen atoms in total. The standard InChI is InChI=1S/C12H19N3O2/c1-14(2)7-4-8-15(3)11-5-6-13-9-10(11)12(16)17/h5-6,9H,4,7-8H2,1-3H3,(H,16,17). The smallest absolute Gasteiger partial charge is 0.339 e. The van der Waals surface area contributed by atoms with Crippen LogP contribution in [0, 0.1) is 0 Å². The Labute approximate surface area is 102 Å². The summed E-state index contributed by atoms with van der Waals surface area (Å²) in [6.45, 7) is 1.81. The lowest BCUT2D eigenvalue weighted by atomic mass is 10.2. The predicted octanol–water partition coefficient (Wildman–Crippen LogP) is 1.17. The van der Waals surface area contributed by atoms with Crippen molar-refractivity contribution in [2.24, 2.45) is 0 Å². The van der Waals surface area contributed by atoms with Crippen molar-refractivity contribution >= 4 is 11.7 Å². The average Bonchev–Trinajstić information content (AvgIpc) is 2.28. The molecule has 0 aliphatic rings. The molecule has 1 heterocycles. The quantitative estimate of drug-likeness (QED) is 0.804. The molecule has 0 fully saturated rings. The molecule has 0 unspecified atom stereocenters. The zero-order valence-corrected chi connectivity index (χ0v) is 10.6. The third kappa shape index (κ3) is 4.03. The normalized spacial score (nSPS) is 10.6. The molecule has 5 heteroatoms. The van der Waals surface area contributed by atoms with E-state index in [1.165, 1.54) is 6.20 Å². The van der Waals surface area contributed by atoms with Gasteiger partial charge in [-0.05, 0) is 33.1 Å². The number of carboxylic acid groups (broad SMARTS) is 1. The first-order valence-corrected chi connectivity index (χ1v) is 5.55. The zero-order valence-electron chi connectivity index (χ0n) is 10.6. The van der Waals surface area contributed by atoms with Gasteiger partial charge in [-0.2, -0.15) is 0 Å². The van der Waals surface area contributed by atoms with E-state index in [4.69, 9.17) is 5.11 Å². The largest absolute Gasteiger partial charge is 0.478 e. The number of carbonyl (C=O) groups is 1. The van der Waals surface area contributed by atoms with E-state index < -0.39 is 5.97 Å². The maximum atomic E-state index is 11.0. The first-order valence-electron chi connectivity index (χ1n) is 5.55. The summed E-state index contributed by atoms with van der Waals surface area (Å²) in [5.74, 6) is -0.937. The molecule has 0 saturated carbocycles. The molecule has 0 bridgehead atoms. The molecule has 0 aliphatic carbocycles. The van der Waals surface area contributed by atoms with Crippen LogP contribution in [-0.4, -0.2) is 55.2 Å². The molecule has 0 aliphatic heterocycles. The topological polar surface area (TPSA) is 56.7 Å². The fourth-order valence-electron chi connectivity index (χ4n) is 1.63. The first kappa shape index (κ1) is 13.4. The molecule has 0 aromatic carbocycles. The third-order valence-corrected chi connectivity index (χ3v) is 2.54. The second-order valence-electron chi connectivity index (χ2n) is 4.28. The minimum atomic E-state index is -0.937. The van der Waals surface area contributed by atoms with Crippen LogP contribution in [0.4, 0.5) is 5.69 Å². The second kappa shape index (κ2) is 6.20. The van der Waals surface area contributed by atoms with Gasteiger partial charge in [0.15, 0.2) is 0 Å². The van der Waals surface area contributed by atoms with Gasteiger partial charge in [0.1, 0.15) is 5.56 Å². The number of anilines is 1. The number of pyridine rings is 1. The average molecular weight is 237 g/mol. The summed E-state index contributed by atoms with van der Waals surface area (Å²) in [5.41, 5.74) is 0.964. The van der Waals surface area contributed by atoms with Crippen LogP contribution in [0.2, 0.25) is 0 Å². The number of hydrogen-bond acceptors (Lipinski definition) is 4. The Balaban J connectivity index is 2.68. The Hall–Kier alpha value is -1.62. The number of nitrogens with zero attached hydrogens (tertiary/aromatic N) is 3. The highest BCUT2D eigenvalue weighted by Crippen LogP contribution is 2.17. The van der Waals surface area contributed by atoms with Crippen molar-refractivity contribution in [2.75, 3.05) is 39.1 Å². The highest BCUT2D eigenvalue weighted by molar-refractivity contribution is 5.93. The Morgan fingerprint density at radius 1 is 1.35 bits per heavy atom. The molecule has 0 spiro atoms. The van der Waals surface area contributed by atoms with E-state index in [1.807, 2.05) is 26.0 Å². The van der Waals surface area contributed by atoms with Crippen LogP contribution in [0.15, 0.2) is 18.5 Å². The van der Waals surface area contributed by atoms with Crippen molar-refractivity contribution in [1.29, 1.82) is 0 Å². The van der Waals surface area contributed by atoms with Crippen LogP contribution >= 0.6 is 0 Å². The minimum absolute atomic E-state index is 0.250. The van der Waals surface area contributed by atoms with Crippen LogP contribution in [0.25, 0.3) is 0 Å². The molecular weight excluding hydrogens is 218 g/mol. The molecule has 0 radical (unpaired) electrons. The number of aromatic nitrogens is 1. The first-order chi connectivity index (χ1) is 8.02. The van der Waals surface area contributed by atoms with Crippen molar-refractivity contribution in [3.63, 3.8) is 0 Å². The molecule has 94 valence electrons. The lowest BCUT2D eigenvalue weighted by Crippen LogP contribution is -2.24. The van der Waals surface area contributed by atoms with Gasteiger partial charge in [-0.25, -0.2) is 4.79 Å². The summed E-state index contributed by atoms with van der Waals surface area (Å²) >= 11 is 0. The zero-order chi connectivity index (χ0) is 12.8. The van der Waals surface area contributed by atoms with Crippen LogP contribution in [0.5, 0.6) is 0 Å². The molecule has 1 rings (SSSR count). The molecule has 0 amide bonds. The monoisotopic (exact) mass is 237 g/mol. The van der Waals surface area contributed by atoms with E-state index in [2.05, 4.69) is 9.88 Å². The maximum absolute atomic E-state index is 11.0. The van der Waals surface area contributed by atoms with Gasteiger partial charge in [0.25, 0.3) is 0 Å². The maximum Gasteiger partial charge on any atom is 0.339 e. The highest BCUT2D eigenvalue weighted by atomic mass is 16.4. The van der Waals surface area contributed by atoms with Crippen molar-refractivity contribution in [3.8, 4) is 0 Å². The third-order valence-electron chi connectivity index (χ3n) is 2.54. The summed E-state index contributed by atoms with van der Waals surface area (Å²) in [6, 6.07) is 1.74. The van der Waals surface area contributed by atoms with Gasteiger partial charge in [0, 0.05) is 26.0 Å². The van der Waals surface area contributed by atoms with Crippen LogP contribution in [0.3, 0.4) is 0 Å². The fraction of sp³-hybridized carbons (Fsp3) is 0.500. The van der Waals surface area contributed by atoms with Gasteiger partial charge in [0.2, 0.25) is 0 Å². The van der Waals surface area contributed by atoms with Gasteiger partial charge in [-0.3, -0.25) is 4.98 Å². The fourth-order valence-corrected chi connectivity index (χ4v) is 1.63. The van der Waals surface area contributed by atoms with E-state index in [1.54, 1.807) is 12.3 Å². The highest BCUT2D eigenvalue weighted by Gasteiger charge is 2.12. The van der Waals surface area contributed by atoms with Crippen LogP contribution in [0.1, 0.15) is 16.8 Å². The van der Waals surface area contributed by atoms with Gasteiger partial charge in [-0.1, -0.05) is 0 Å². The Morgan fingerprint density at radius 2 is 2.06 bits per heavy atom. The summed E-state index contributed by atoms with van der Waals surface area (Å²) in [4.78, 5) is 18.9. The predicted molar refractivity (Wildman–Crippen MR) is 67.6 cm³/mol. The molecule has 0 saturated heterocycles. The van der Waals surface area contributed by atoms with Crippen molar-refractivity contribution < 1.29 is 9.90 Å². The summed E-state index contributed by atoms with van der Waals surface area (Å²) < 4.78 is 0. The summed E-state index contributed by atoms with van der Waals surface area (Å²) in [6.07, 6.45) is 4.00. The SMILES string of the molecule is CN(C)CCCN(C)c1ccncc1C(=O)O. The number of carboxylic acids is 1. The van der Waals surface area contributed by atoms with E-state index in [0.717, 1.165) is 19.5 Å². The lowest BCUT2D eigenvalue weighted by Gasteiger charge is -2.21. The number of aromatic carboxylic acids is 1. The number of rotatable bonds is 6. The summed E-state index contributed by atoms with van der Waals surface area (Å²) in [7, 11) is 5.95. The molecule has 0 atom stereocenters. The Bertz CT molecular complexity index is 380. The van der Waals surface area contributed by atoms with E-state index in [-0.39, 0.29) is 5.56 Å². The van der Waals surface area contributed by atoms with Crippen molar-refractivity contribution in [3.05, 3.63) is 24.0 Å². The molecule has 1 aromatic heterocycles. The summed E-state index contributed by atoms with van der Waals surface area (Å²) in [5, 5.41) is 9.05. The van der Waals surface area contributed by atoms with Crippen molar-refractivity contribution in [2.45, 2.75) is 6.42 Å². The van der Waals surface area contributed by atoms with Gasteiger partial charge in [-0.15, -0.1) is 0 Å². The second-order valence-corrected chi connectivity index (χ2v) is 4.28. The molecular formula is C12H19N3O2. The van der Waals surface area contributed by atoms with Gasteiger partial charge in [0.05, 0.1) is 5.69 Å². The van der Waals surface area contributed by atoms with E-state index >= 15 is 0 Å². The number of hydrogen-bond donors (Lipinski definition) is 1. The Kier molecular flexibility index (Phi) is 4.90. The minimum Gasteiger partial charge on any atom is -0.478 e. The Morgan fingerprint density at radius 3 is 2.65 bits per heavy atom. The van der Waals surface area contributed by atoms with Gasteiger partial charge < -0.3 is 14.9 Å². The van der Waals surface area contributed by atoms with Crippen LogP contribution in [-0.2, 0) is 0 Å². The van der Waals surface area contributed by atoms with Gasteiger partial charge >= 0.3 is 5.97 Å². The lowest BCUT2D eigenvalue weighted by molar-refractivity contribution is 0.0697. The van der Waals surface area contributed by atoms with E-state index in [0.29, 0.717) is 5.69 Å². The van der Waals surface area contributed by atoms with E-state index in [9.17, 15) is 4.79 Å². The van der Waals surface area contributed by atoms with Crippen molar-refractivity contribution in [1.82, 2.24) is 9.88 Å². The molecule has 1 aromatic rings. The van der Waals surface area contributed by atoms with Crippen LogP contribution < -0.4 is 4.90 Å². The molecule has 1 N–H and O–H groups in total.